The number of carbonyl (C=O) groups excluding carboxylic acids is 2. The van der Waals surface area contributed by atoms with Crippen molar-refractivity contribution in [1.29, 1.82) is 0 Å². The Balaban J connectivity index is 1.48. The molecule has 2 heterocycles. The van der Waals surface area contributed by atoms with Crippen LogP contribution >= 0.6 is 0 Å². The number of nitrogens with two attached hydrogens (primary N) is 1. The van der Waals surface area contributed by atoms with Crippen LogP contribution < -0.4 is 11.1 Å². The lowest BCUT2D eigenvalue weighted by Crippen LogP contribution is -2.41. The van der Waals surface area contributed by atoms with Crippen molar-refractivity contribution in [2.24, 2.45) is 11.7 Å². The number of amides is 2. The van der Waals surface area contributed by atoms with Crippen LogP contribution in [0.4, 0.5) is 0 Å². The topological polar surface area (TPSA) is 118 Å². The Bertz CT molecular complexity index is 1100. The van der Waals surface area contributed by atoms with E-state index in [2.05, 4.69) is 10.3 Å². The summed E-state index contributed by atoms with van der Waals surface area (Å²) in [6.07, 6.45) is 5.06. The normalized spacial score (nSPS) is 19.3. The lowest BCUT2D eigenvalue weighted by Gasteiger charge is -2.36. The van der Waals surface area contributed by atoms with E-state index in [0.29, 0.717) is 16.8 Å². The molecule has 4 rings (SSSR count). The molecule has 1 aliphatic carbocycles. The van der Waals surface area contributed by atoms with E-state index in [1.54, 1.807) is 30.3 Å². The van der Waals surface area contributed by atoms with Crippen molar-refractivity contribution in [1.82, 2.24) is 10.3 Å². The number of primary amides is 1. The monoisotopic (exact) mass is 421 g/mol. The number of aliphatic hydroxyl groups is 1. The minimum absolute atomic E-state index is 0.116. The molecule has 1 saturated carbocycles. The molecule has 0 bridgehead atoms. The van der Waals surface area contributed by atoms with Crippen molar-refractivity contribution >= 4 is 22.8 Å². The van der Waals surface area contributed by atoms with Crippen LogP contribution in [-0.2, 0) is 0 Å². The number of hydrogen-bond donors (Lipinski definition) is 3. The van der Waals surface area contributed by atoms with E-state index in [4.69, 9.17) is 10.2 Å². The highest BCUT2D eigenvalue weighted by molar-refractivity contribution is 6.00. The van der Waals surface area contributed by atoms with Crippen LogP contribution in [0.5, 0.6) is 0 Å². The Morgan fingerprint density at radius 2 is 1.81 bits per heavy atom. The van der Waals surface area contributed by atoms with E-state index < -0.39 is 11.5 Å². The highest BCUT2D eigenvalue weighted by Crippen LogP contribution is 2.33. The molecule has 1 aliphatic rings. The lowest BCUT2D eigenvalue weighted by atomic mass is 9.77. The van der Waals surface area contributed by atoms with Crippen LogP contribution in [0.3, 0.4) is 0 Å². The first-order valence-corrected chi connectivity index (χ1v) is 10.5. The van der Waals surface area contributed by atoms with E-state index in [1.807, 2.05) is 13.8 Å². The molecule has 2 amide bonds. The fourth-order valence-electron chi connectivity index (χ4n) is 4.30. The van der Waals surface area contributed by atoms with Crippen molar-refractivity contribution in [3.8, 4) is 11.3 Å². The van der Waals surface area contributed by atoms with Crippen molar-refractivity contribution in [3.63, 3.8) is 0 Å². The van der Waals surface area contributed by atoms with Gasteiger partial charge in [-0.3, -0.25) is 9.59 Å². The van der Waals surface area contributed by atoms with Gasteiger partial charge in [0.05, 0.1) is 17.6 Å². The highest BCUT2D eigenvalue weighted by Gasteiger charge is 2.31. The zero-order valence-corrected chi connectivity index (χ0v) is 17.7. The van der Waals surface area contributed by atoms with Gasteiger partial charge >= 0.3 is 0 Å². The predicted molar refractivity (Wildman–Crippen MR) is 117 cm³/mol. The number of benzene rings is 1. The smallest absolute Gasteiger partial charge is 0.267 e. The molecule has 3 aromatic rings. The van der Waals surface area contributed by atoms with Crippen molar-refractivity contribution < 1.29 is 19.1 Å². The molecule has 4 N–H and O–H groups in total. The third-order valence-corrected chi connectivity index (χ3v) is 6.18. The first-order chi connectivity index (χ1) is 14.7. The Kier molecular flexibility index (Phi) is 5.54. The summed E-state index contributed by atoms with van der Waals surface area (Å²) in [5, 5.41) is 14.1. The molecule has 0 spiro atoms. The Labute approximate surface area is 180 Å². The molecular weight excluding hydrogens is 394 g/mol. The minimum atomic E-state index is -0.676. The maximum Gasteiger partial charge on any atom is 0.267 e. The van der Waals surface area contributed by atoms with Crippen LogP contribution in [0.1, 0.15) is 60.4 Å². The number of nitrogens with zero attached hydrogens (tertiary/aromatic N) is 1. The van der Waals surface area contributed by atoms with Crippen molar-refractivity contribution in [2.45, 2.75) is 51.2 Å². The van der Waals surface area contributed by atoms with E-state index in [9.17, 15) is 14.7 Å². The number of hydrogen-bond acceptors (Lipinski definition) is 5. The number of nitrogens with one attached hydrogen (secondary N) is 1. The number of furan rings is 1. The van der Waals surface area contributed by atoms with Crippen LogP contribution in [0.15, 0.2) is 47.1 Å². The summed E-state index contributed by atoms with van der Waals surface area (Å²) in [6, 6.07) is 10.5. The van der Waals surface area contributed by atoms with Crippen LogP contribution in [0, 0.1) is 5.92 Å². The molecule has 0 radical (unpaired) electrons. The lowest BCUT2D eigenvalue weighted by molar-refractivity contribution is -0.00258. The molecule has 162 valence electrons. The molecule has 31 heavy (non-hydrogen) atoms. The maximum absolute atomic E-state index is 12.7. The fraction of sp³-hybridized carbons (Fsp3) is 0.375. The summed E-state index contributed by atoms with van der Waals surface area (Å²) in [5.74, 6) is -0.483. The Morgan fingerprint density at radius 3 is 2.42 bits per heavy atom. The van der Waals surface area contributed by atoms with Gasteiger partial charge in [-0.15, -0.1) is 0 Å². The van der Waals surface area contributed by atoms with Crippen LogP contribution in [0.25, 0.3) is 22.2 Å². The quantitative estimate of drug-likeness (QED) is 0.581. The molecule has 0 aliphatic heterocycles. The fourth-order valence-corrected chi connectivity index (χ4v) is 4.30. The molecule has 1 aromatic carbocycles. The van der Waals surface area contributed by atoms with Gasteiger partial charge in [0.15, 0.2) is 0 Å². The number of fused-ring (bicyclic) bond motifs is 1. The summed E-state index contributed by atoms with van der Waals surface area (Å²) in [5.41, 5.74) is 7.28. The second-order valence-corrected chi connectivity index (χ2v) is 8.81. The minimum Gasteiger partial charge on any atom is -0.464 e. The zero-order valence-electron chi connectivity index (χ0n) is 17.7. The van der Waals surface area contributed by atoms with Crippen molar-refractivity contribution in [3.05, 3.63) is 53.9 Å². The van der Waals surface area contributed by atoms with Gasteiger partial charge in [0.25, 0.3) is 11.8 Å². The van der Waals surface area contributed by atoms with E-state index in [0.717, 1.165) is 36.6 Å². The molecule has 0 saturated heterocycles. The maximum atomic E-state index is 12.7. The van der Waals surface area contributed by atoms with Gasteiger partial charge in [-0.25, -0.2) is 4.98 Å². The number of carbonyl (C=O) groups is 2. The molecule has 1 fully saturated rings. The summed E-state index contributed by atoms with van der Waals surface area (Å²) in [7, 11) is 0. The molecule has 0 atom stereocenters. The van der Waals surface area contributed by atoms with Crippen molar-refractivity contribution in [2.75, 3.05) is 0 Å². The SMILES string of the molecule is CC(C)(O)C1CCC(NC(=O)c2ccc(-c3nc(C(N)=O)cc4occc34)cc2)CC1. The summed E-state index contributed by atoms with van der Waals surface area (Å²) >= 11 is 0. The van der Waals surface area contributed by atoms with Gasteiger partial charge in [0.2, 0.25) is 0 Å². The largest absolute Gasteiger partial charge is 0.464 e. The molecule has 7 heteroatoms. The average molecular weight is 421 g/mol. The first kappa shape index (κ1) is 21.1. The molecule has 7 nitrogen and oxygen atoms in total. The second kappa shape index (κ2) is 8.15. The standard InChI is InChI=1S/C24H27N3O4/c1-24(2,30)16-7-9-17(10-8-16)26-23(29)15-5-3-14(4-6-15)21-18-11-12-31-20(18)13-19(27-21)22(25)28/h3-6,11-13,16-17,30H,7-10H2,1-2H3,(H2,25,28)(H,26,29). The molecule has 0 unspecified atom stereocenters. The first-order valence-electron chi connectivity index (χ1n) is 10.5. The average Bonchev–Trinajstić information content (AvgIpc) is 3.21. The van der Waals surface area contributed by atoms with E-state index in [1.165, 1.54) is 12.3 Å². The van der Waals surface area contributed by atoms with Crippen LogP contribution in [-0.4, -0.2) is 33.5 Å². The zero-order chi connectivity index (χ0) is 22.2. The van der Waals surface area contributed by atoms with Gasteiger partial charge in [0.1, 0.15) is 11.3 Å². The Hall–Kier alpha value is -3.19. The molecule has 2 aromatic heterocycles. The Morgan fingerprint density at radius 1 is 1.13 bits per heavy atom. The molecular formula is C24H27N3O4. The predicted octanol–water partition coefficient (Wildman–Crippen LogP) is 3.65. The third-order valence-electron chi connectivity index (χ3n) is 6.18. The van der Waals surface area contributed by atoms with E-state index in [-0.39, 0.29) is 23.6 Å². The van der Waals surface area contributed by atoms with E-state index >= 15 is 0 Å². The van der Waals surface area contributed by atoms with Gasteiger partial charge in [0, 0.05) is 28.6 Å². The number of pyridine rings is 1. The number of rotatable bonds is 5. The van der Waals surface area contributed by atoms with Crippen LogP contribution in [0.2, 0.25) is 0 Å². The summed E-state index contributed by atoms with van der Waals surface area (Å²) in [4.78, 5) is 28.7. The number of aromatic nitrogens is 1. The highest BCUT2D eigenvalue weighted by atomic mass is 16.3. The van der Waals surface area contributed by atoms with Gasteiger partial charge < -0.3 is 20.6 Å². The summed E-state index contributed by atoms with van der Waals surface area (Å²) in [6.45, 7) is 3.70. The van der Waals surface area contributed by atoms with Gasteiger partial charge in [-0.05, 0) is 63.6 Å². The third kappa shape index (κ3) is 4.46. The van der Waals surface area contributed by atoms with Gasteiger partial charge in [-0.2, -0.15) is 0 Å². The summed E-state index contributed by atoms with van der Waals surface area (Å²) < 4.78 is 5.42. The second-order valence-electron chi connectivity index (χ2n) is 8.81. The van der Waals surface area contributed by atoms with Gasteiger partial charge in [-0.1, -0.05) is 12.1 Å².